The third-order valence-corrected chi connectivity index (χ3v) is 5.69. The molecule has 27 heavy (non-hydrogen) atoms. The molecule has 0 spiro atoms. The first-order chi connectivity index (χ1) is 13.0. The number of nitrogens with one attached hydrogen (secondary N) is 1. The summed E-state index contributed by atoms with van der Waals surface area (Å²) in [7, 11) is 1.76. The van der Waals surface area contributed by atoms with Crippen LogP contribution in [0.25, 0.3) is 6.08 Å². The van der Waals surface area contributed by atoms with Crippen LogP contribution in [-0.4, -0.2) is 25.4 Å². The molecule has 1 aliphatic rings. The summed E-state index contributed by atoms with van der Waals surface area (Å²) < 4.78 is 0. The smallest absolute Gasteiger partial charge is 0.264 e. The zero-order chi connectivity index (χ0) is 19.4. The number of aryl methyl sites for hydroxylation is 1. The molecule has 0 saturated heterocycles. The molecular formula is C22H24N2O2S. The van der Waals surface area contributed by atoms with Gasteiger partial charge in [0.1, 0.15) is 0 Å². The fourth-order valence-corrected chi connectivity index (χ4v) is 3.99. The van der Waals surface area contributed by atoms with Crippen LogP contribution in [0.3, 0.4) is 0 Å². The quantitative estimate of drug-likeness (QED) is 0.607. The van der Waals surface area contributed by atoms with E-state index in [9.17, 15) is 9.59 Å². The molecule has 1 N–H and O–H groups in total. The highest BCUT2D eigenvalue weighted by atomic mass is 32.2. The maximum Gasteiger partial charge on any atom is 0.264 e. The average molecular weight is 381 g/mol. The Labute approximate surface area is 164 Å². The van der Waals surface area contributed by atoms with Gasteiger partial charge in [-0.25, -0.2) is 0 Å². The van der Waals surface area contributed by atoms with Gasteiger partial charge in [-0.05, 0) is 48.7 Å². The predicted molar refractivity (Wildman–Crippen MR) is 112 cm³/mol. The number of fused-ring (bicyclic) bond motifs is 1. The van der Waals surface area contributed by atoms with Crippen LogP contribution < -0.4 is 10.2 Å². The van der Waals surface area contributed by atoms with Gasteiger partial charge < -0.3 is 10.2 Å². The second kappa shape index (κ2) is 8.44. The first-order valence-corrected chi connectivity index (χ1v) is 9.98. The van der Waals surface area contributed by atoms with Crippen LogP contribution >= 0.6 is 11.8 Å². The van der Waals surface area contributed by atoms with Crippen molar-refractivity contribution in [2.75, 3.05) is 18.5 Å². The number of unbranched alkanes of at least 4 members (excludes halogenated alkanes) is 1. The third kappa shape index (κ3) is 4.25. The van der Waals surface area contributed by atoms with Crippen molar-refractivity contribution in [1.29, 1.82) is 0 Å². The Morgan fingerprint density at radius 3 is 2.74 bits per heavy atom. The van der Waals surface area contributed by atoms with Crippen molar-refractivity contribution in [3.8, 4) is 0 Å². The van der Waals surface area contributed by atoms with Crippen molar-refractivity contribution >= 4 is 35.3 Å². The standard InChI is InChI=1S/C22H24N2O2S/c1-4-5-12-23-21(25)17-10-11-19-18(13-17)24(3)22(26)20(27-19)14-16-9-7-6-8-15(16)2/h6-11,13-14H,4-5,12H2,1-3H3,(H,23,25)/b20-14-. The average Bonchev–Trinajstić information content (AvgIpc) is 2.67. The molecule has 0 aromatic heterocycles. The van der Waals surface area contributed by atoms with E-state index < -0.39 is 0 Å². The zero-order valence-electron chi connectivity index (χ0n) is 15.9. The number of benzene rings is 2. The van der Waals surface area contributed by atoms with Gasteiger partial charge in [-0.15, -0.1) is 0 Å². The number of hydrogen-bond acceptors (Lipinski definition) is 3. The number of rotatable bonds is 5. The van der Waals surface area contributed by atoms with Crippen molar-refractivity contribution < 1.29 is 9.59 Å². The number of carbonyl (C=O) groups excluding carboxylic acids is 2. The van der Waals surface area contributed by atoms with Crippen LogP contribution in [0.1, 0.15) is 41.3 Å². The lowest BCUT2D eigenvalue weighted by Gasteiger charge is -2.27. The van der Waals surface area contributed by atoms with Crippen molar-refractivity contribution in [3.05, 3.63) is 64.1 Å². The van der Waals surface area contributed by atoms with Gasteiger partial charge >= 0.3 is 0 Å². The number of anilines is 1. The Balaban J connectivity index is 1.87. The molecule has 0 atom stereocenters. The molecule has 0 aliphatic carbocycles. The summed E-state index contributed by atoms with van der Waals surface area (Å²) in [6, 6.07) is 13.5. The molecule has 3 rings (SSSR count). The molecule has 0 bridgehead atoms. The van der Waals surface area contributed by atoms with Crippen LogP contribution in [0.5, 0.6) is 0 Å². The second-order valence-electron chi connectivity index (χ2n) is 6.62. The molecular weight excluding hydrogens is 356 g/mol. The topological polar surface area (TPSA) is 49.4 Å². The molecule has 0 saturated carbocycles. The summed E-state index contributed by atoms with van der Waals surface area (Å²) in [5, 5.41) is 2.92. The Morgan fingerprint density at radius 2 is 2.00 bits per heavy atom. The molecule has 140 valence electrons. The maximum atomic E-state index is 12.8. The summed E-state index contributed by atoms with van der Waals surface area (Å²) in [5.74, 6) is -0.155. The molecule has 5 heteroatoms. The highest BCUT2D eigenvalue weighted by Gasteiger charge is 2.27. The molecule has 0 fully saturated rings. The van der Waals surface area contributed by atoms with E-state index in [2.05, 4.69) is 12.2 Å². The fourth-order valence-electron chi connectivity index (χ4n) is 2.91. The van der Waals surface area contributed by atoms with Crippen LogP contribution in [-0.2, 0) is 4.79 Å². The second-order valence-corrected chi connectivity index (χ2v) is 7.71. The predicted octanol–water partition coefficient (Wildman–Crippen LogP) is 4.63. The van der Waals surface area contributed by atoms with E-state index in [1.54, 1.807) is 18.0 Å². The highest BCUT2D eigenvalue weighted by molar-refractivity contribution is 8.04. The molecule has 2 amide bonds. The van der Waals surface area contributed by atoms with E-state index in [0.717, 1.165) is 34.6 Å². The summed E-state index contributed by atoms with van der Waals surface area (Å²) in [4.78, 5) is 28.4. The van der Waals surface area contributed by atoms with E-state index in [0.29, 0.717) is 17.0 Å². The van der Waals surface area contributed by atoms with Crippen LogP contribution in [0.2, 0.25) is 0 Å². The van der Waals surface area contributed by atoms with Gasteiger partial charge in [0, 0.05) is 24.1 Å². The molecule has 4 nitrogen and oxygen atoms in total. The fraction of sp³-hybridized carbons (Fsp3) is 0.273. The Morgan fingerprint density at radius 1 is 1.22 bits per heavy atom. The number of carbonyl (C=O) groups is 2. The van der Waals surface area contributed by atoms with Crippen LogP contribution in [0.4, 0.5) is 5.69 Å². The summed E-state index contributed by atoms with van der Waals surface area (Å²) in [5.41, 5.74) is 3.52. The Bertz CT molecular complexity index is 905. The highest BCUT2D eigenvalue weighted by Crippen LogP contribution is 2.42. The maximum absolute atomic E-state index is 12.8. The molecule has 0 radical (unpaired) electrons. The van der Waals surface area contributed by atoms with Gasteiger partial charge in [0.15, 0.2) is 0 Å². The SMILES string of the molecule is CCCCNC(=O)c1ccc2c(c1)N(C)C(=O)/C(=C/c1ccccc1C)S2. The first kappa shape index (κ1) is 19.2. The van der Waals surface area contributed by atoms with E-state index in [4.69, 9.17) is 0 Å². The van der Waals surface area contributed by atoms with Crippen LogP contribution in [0.15, 0.2) is 52.3 Å². The lowest BCUT2D eigenvalue weighted by Crippen LogP contribution is -2.31. The van der Waals surface area contributed by atoms with Gasteiger partial charge in [-0.1, -0.05) is 49.4 Å². The number of likely N-dealkylation sites (N-methyl/N-ethyl adjacent to an activating group) is 1. The Kier molecular flexibility index (Phi) is 6.01. The molecule has 2 aromatic carbocycles. The summed E-state index contributed by atoms with van der Waals surface area (Å²) in [6.45, 7) is 4.79. The minimum Gasteiger partial charge on any atom is -0.352 e. The number of thioether (sulfide) groups is 1. The first-order valence-electron chi connectivity index (χ1n) is 9.16. The largest absolute Gasteiger partial charge is 0.352 e. The minimum atomic E-state index is -0.0988. The van der Waals surface area contributed by atoms with Crippen molar-refractivity contribution in [2.45, 2.75) is 31.6 Å². The summed E-state index contributed by atoms with van der Waals surface area (Å²) in [6.07, 6.45) is 3.93. The molecule has 2 aromatic rings. The van der Waals surface area contributed by atoms with Crippen molar-refractivity contribution in [3.63, 3.8) is 0 Å². The van der Waals surface area contributed by atoms with Gasteiger partial charge in [0.25, 0.3) is 11.8 Å². The monoisotopic (exact) mass is 380 g/mol. The van der Waals surface area contributed by atoms with Gasteiger partial charge in [0.2, 0.25) is 0 Å². The van der Waals surface area contributed by atoms with E-state index in [1.165, 1.54) is 11.8 Å². The van der Waals surface area contributed by atoms with Crippen molar-refractivity contribution in [2.24, 2.45) is 0 Å². The van der Waals surface area contributed by atoms with Gasteiger partial charge in [-0.3, -0.25) is 9.59 Å². The number of nitrogens with zero attached hydrogens (tertiary/aromatic N) is 1. The zero-order valence-corrected chi connectivity index (χ0v) is 16.7. The third-order valence-electron chi connectivity index (χ3n) is 4.61. The molecule has 0 unspecified atom stereocenters. The number of amides is 2. The van der Waals surface area contributed by atoms with E-state index >= 15 is 0 Å². The Hall–Kier alpha value is -2.53. The number of hydrogen-bond donors (Lipinski definition) is 1. The normalized spacial score (nSPS) is 15.0. The van der Waals surface area contributed by atoms with E-state index in [1.807, 2.05) is 49.4 Å². The van der Waals surface area contributed by atoms with Crippen LogP contribution in [0, 0.1) is 6.92 Å². The van der Waals surface area contributed by atoms with Crippen molar-refractivity contribution in [1.82, 2.24) is 5.32 Å². The van der Waals surface area contributed by atoms with E-state index in [-0.39, 0.29) is 11.8 Å². The lowest BCUT2D eigenvalue weighted by molar-refractivity contribution is -0.114. The minimum absolute atomic E-state index is 0.0562. The van der Waals surface area contributed by atoms with Gasteiger partial charge in [-0.2, -0.15) is 0 Å². The molecule has 1 aliphatic heterocycles. The lowest BCUT2D eigenvalue weighted by atomic mass is 10.1. The van der Waals surface area contributed by atoms with Gasteiger partial charge in [0.05, 0.1) is 10.6 Å². The molecule has 1 heterocycles. The summed E-state index contributed by atoms with van der Waals surface area (Å²) >= 11 is 1.45.